The van der Waals surface area contributed by atoms with Crippen molar-refractivity contribution in [1.82, 2.24) is 5.32 Å². The summed E-state index contributed by atoms with van der Waals surface area (Å²) in [4.78, 5) is 12.1. The average Bonchev–Trinajstić information content (AvgIpc) is 2.53. The van der Waals surface area contributed by atoms with Crippen molar-refractivity contribution in [1.29, 1.82) is 0 Å². The molecule has 0 aromatic heterocycles. The topological polar surface area (TPSA) is 38.3 Å². The minimum Gasteiger partial charge on any atom is -0.497 e. The molecule has 2 rings (SSSR count). The number of ether oxygens (including phenoxy) is 1. The van der Waals surface area contributed by atoms with Crippen LogP contribution < -0.4 is 10.1 Å². The number of thioether (sulfide) groups is 1. The maximum absolute atomic E-state index is 12.1. The van der Waals surface area contributed by atoms with Crippen molar-refractivity contribution in [3.63, 3.8) is 0 Å². The number of amides is 1. The molecule has 3 nitrogen and oxygen atoms in total. The summed E-state index contributed by atoms with van der Waals surface area (Å²) in [7, 11) is 1.67. The van der Waals surface area contributed by atoms with E-state index >= 15 is 0 Å². The molecule has 24 heavy (non-hydrogen) atoms. The lowest BCUT2D eigenvalue weighted by molar-refractivity contribution is 0.0956. The molecule has 0 aliphatic heterocycles. The van der Waals surface area contributed by atoms with Gasteiger partial charge in [0.15, 0.2) is 0 Å². The van der Waals surface area contributed by atoms with Gasteiger partial charge >= 0.3 is 0 Å². The van der Waals surface area contributed by atoms with Gasteiger partial charge in [0.1, 0.15) is 5.75 Å². The highest BCUT2D eigenvalue weighted by atomic mass is 35.5. The van der Waals surface area contributed by atoms with E-state index in [4.69, 9.17) is 27.9 Å². The lowest BCUT2D eigenvalue weighted by Crippen LogP contribution is -2.26. The molecular weight excluding hydrogens is 365 g/mol. The van der Waals surface area contributed by atoms with Gasteiger partial charge in [-0.15, -0.1) is 0 Å². The molecule has 0 saturated heterocycles. The largest absolute Gasteiger partial charge is 0.497 e. The molecule has 2 aromatic rings. The van der Waals surface area contributed by atoms with E-state index in [-0.39, 0.29) is 5.91 Å². The number of rotatable bonds is 7. The third-order valence-electron chi connectivity index (χ3n) is 3.34. The van der Waals surface area contributed by atoms with Crippen molar-refractivity contribution in [3.05, 3.63) is 63.1 Å². The van der Waals surface area contributed by atoms with Crippen molar-refractivity contribution in [2.75, 3.05) is 19.4 Å². The van der Waals surface area contributed by atoms with Crippen LogP contribution in [-0.2, 0) is 5.75 Å². The van der Waals surface area contributed by atoms with E-state index in [0.717, 1.165) is 17.3 Å². The van der Waals surface area contributed by atoms with Crippen LogP contribution in [0.15, 0.2) is 36.4 Å². The van der Waals surface area contributed by atoms with Crippen LogP contribution in [0.1, 0.15) is 21.5 Å². The Hall–Kier alpha value is -1.36. The second-order valence-electron chi connectivity index (χ2n) is 5.26. The van der Waals surface area contributed by atoms with E-state index in [2.05, 4.69) is 11.4 Å². The molecule has 0 radical (unpaired) electrons. The second kappa shape index (κ2) is 9.21. The normalized spacial score (nSPS) is 10.5. The Kier molecular flexibility index (Phi) is 7.28. The molecule has 0 heterocycles. The van der Waals surface area contributed by atoms with Crippen LogP contribution in [-0.4, -0.2) is 25.3 Å². The highest BCUT2D eigenvalue weighted by Gasteiger charge is 2.13. The van der Waals surface area contributed by atoms with Crippen molar-refractivity contribution < 1.29 is 9.53 Å². The lowest BCUT2D eigenvalue weighted by Gasteiger charge is -2.09. The highest BCUT2D eigenvalue weighted by molar-refractivity contribution is 7.98. The first kappa shape index (κ1) is 19.0. The van der Waals surface area contributed by atoms with Gasteiger partial charge < -0.3 is 10.1 Å². The summed E-state index contributed by atoms with van der Waals surface area (Å²) in [6.45, 7) is 2.60. The number of carbonyl (C=O) groups is 1. The van der Waals surface area contributed by atoms with Crippen LogP contribution >= 0.6 is 35.0 Å². The number of benzene rings is 2. The first-order valence-electron chi connectivity index (χ1n) is 7.45. The molecular formula is C18H19Cl2NO2S. The molecule has 1 N–H and O–H groups in total. The Morgan fingerprint density at radius 2 is 1.92 bits per heavy atom. The molecule has 0 unspecified atom stereocenters. The van der Waals surface area contributed by atoms with Gasteiger partial charge in [-0.05, 0) is 42.3 Å². The predicted octanol–water partition coefficient (Wildman–Crippen LogP) is 4.97. The molecule has 2 aromatic carbocycles. The van der Waals surface area contributed by atoms with Gasteiger partial charge in [-0.2, -0.15) is 11.8 Å². The van der Waals surface area contributed by atoms with Crippen molar-refractivity contribution in [2.24, 2.45) is 0 Å². The first-order valence-corrected chi connectivity index (χ1v) is 9.37. The zero-order valence-electron chi connectivity index (χ0n) is 13.6. The molecule has 0 spiro atoms. The first-order chi connectivity index (χ1) is 11.5. The quantitative estimate of drug-likeness (QED) is 0.685. The minimum atomic E-state index is -0.247. The molecule has 0 aliphatic carbocycles. The number of nitrogens with one attached hydrogen (secondary N) is 1. The van der Waals surface area contributed by atoms with Gasteiger partial charge in [-0.3, -0.25) is 4.79 Å². The van der Waals surface area contributed by atoms with Crippen LogP contribution in [0.4, 0.5) is 0 Å². The zero-order chi connectivity index (χ0) is 17.5. The monoisotopic (exact) mass is 383 g/mol. The van der Waals surface area contributed by atoms with Gasteiger partial charge in [-0.1, -0.05) is 35.3 Å². The van der Waals surface area contributed by atoms with Crippen molar-refractivity contribution in [3.8, 4) is 5.75 Å². The lowest BCUT2D eigenvalue weighted by atomic mass is 10.1. The Balaban J connectivity index is 1.79. The molecule has 1 amide bonds. The molecule has 6 heteroatoms. The summed E-state index contributed by atoms with van der Waals surface area (Å²) >= 11 is 13.8. The van der Waals surface area contributed by atoms with E-state index in [9.17, 15) is 4.79 Å². The van der Waals surface area contributed by atoms with E-state index in [0.29, 0.717) is 22.2 Å². The van der Waals surface area contributed by atoms with Crippen LogP contribution in [0.5, 0.6) is 5.75 Å². The fourth-order valence-corrected chi connectivity index (χ4v) is 3.62. The molecule has 0 aliphatic rings. The molecule has 128 valence electrons. The molecule has 0 saturated carbocycles. The molecule has 0 atom stereocenters. The van der Waals surface area contributed by atoms with Crippen LogP contribution in [0.2, 0.25) is 10.0 Å². The number of hydrogen-bond acceptors (Lipinski definition) is 3. The van der Waals surface area contributed by atoms with E-state index in [1.807, 2.05) is 19.1 Å². The van der Waals surface area contributed by atoms with Crippen LogP contribution in [0.3, 0.4) is 0 Å². The second-order valence-corrected chi connectivity index (χ2v) is 7.18. The highest BCUT2D eigenvalue weighted by Crippen LogP contribution is 2.24. The van der Waals surface area contributed by atoms with Crippen molar-refractivity contribution in [2.45, 2.75) is 12.7 Å². The summed E-state index contributed by atoms with van der Waals surface area (Å²) in [6.07, 6.45) is 0. The Morgan fingerprint density at radius 3 is 2.58 bits per heavy atom. The van der Waals surface area contributed by atoms with E-state index in [1.54, 1.807) is 37.1 Å². The number of hydrogen-bond donors (Lipinski definition) is 1. The molecule has 0 fully saturated rings. The third kappa shape index (κ3) is 5.33. The number of methoxy groups -OCH3 is 1. The van der Waals surface area contributed by atoms with Crippen LogP contribution in [0.25, 0.3) is 0 Å². The molecule has 0 bridgehead atoms. The average molecular weight is 384 g/mol. The number of halogens is 2. The van der Waals surface area contributed by atoms with Crippen LogP contribution in [0, 0.1) is 6.92 Å². The Morgan fingerprint density at radius 1 is 1.21 bits per heavy atom. The summed E-state index contributed by atoms with van der Waals surface area (Å²) in [5, 5.41) is 3.57. The van der Waals surface area contributed by atoms with Gasteiger partial charge in [-0.25, -0.2) is 0 Å². The summed E-state index contributed by atoms with van der Waals surface area (Å²) in [6, 6.07) is 11.2. The SMILES string of the molecule is COc1cc(C)cc(CSCCNC(=O)c2c(Cl)cccc2Cl)c1. The van der Waals surface area contributed by atoms with E-state index < -0.39 is 0 Å². The Bertz CT molecular complexity index is 702. The summed E-state index contributed by atoms with van der Waals surface area (Å²) in [5.41, 5.74) is 2.71. The van der Waals surface area contributed by atoms with Gasteiger partial charge in [0.25, 0.3) is 5.91 Å². The maximum atomic E-state index is 12.1. The fraction of sp³-hybridized carbons (Fsp3) is 0.278. The number of carbonyl (C=O) groups excluding carboxylic acids is 1. The standard InChI is InChI=1S/C18H19Cl2NO2S/c1-12-8-13(10-14(9-12)23-2)11-24-7-6-21-18(22)17-15(19)4-3-5-16(17)20/h3-5,8-10H,6-7,11H2,1-2H3,(H,21,22). The third-order valence-corrected chi connectivity index (χ3v) is 5.00. The minimum absolute atomic E-state index is 0.247. The smallest absolute Gasteiger partial charge is 0.254 e. The fourth-order valence-electron chi connectivity index (χ4n) is 2.26. The van der Waals surface area contributed by atoms with Gasteiger partial charge in [0.05, 0.1) is 22.7 Å². The summed E-state index contributed by atoms with van der Waals surface area (Å²) < 4.78 is 5.27. The van der Waals surface area contributed by atoms with E-state index in [1.165, 1.54) is 11.1 Å². The van der Waals surface area contributed by atoms with Gasteiger partial charge in [0.2, 0.25) is 0 Å². The van der Waals surface area contributed by atoms with Crippen molar-refractivity contribution >= 4 is 40.9 Å². The number of aryl methyl sites for hydroxylation is 1. The summed E-state index contributed by atoms with van der Waals surface area (Å²) in [5.74, 6) is 2.28. The van der Waals surface area contributed by atoms with Gasteiger partial charge in [0, 0.05) is 18.1 Å². The predicted molar refractivity (Wildman–Crippen MR) is 103 cm³/mol. The maximum Gasteiger partial charge on any atom is 0.254 e. The Labute approximate surface area is 156 Å². The zero-order valence-corrected chi connectivity index (χ0v) is 15.9.